The first-order chi connectivity index (χ1) is 10.9. The van der Waals surface area contributed by atoms with Crippen LogP contribution in [0.3, 0.4) is 0 Å². The quantitative estimate of drug-likeness (QED) is 0.841. The van der Waals surface area contributed by atoms with E-state index in [2.05, 4.69) is 16.7 Å². The average Bonchev–Trinajstić information content (AvgIpc) is 2.54. The molecule has 0 amide bonds. The molecule has 3 rings (SSSR count). The molecule has 0 spiro atoms. The normalized spacial score (nSPS) is 24.8. The zero-order chi connectivity index (χ0) is 16.4. The van der Waals surface area contributed by atoms with Gasteiger partial charge in [-0.25, -0.2) is 8.42 Å². The minimum Gasteiger partial charge on any atom is -0.376 e. The molecule has 0 saturated carbocycles. The fourth-order valence-corrected chi connectivity index (χ4v) is 4.58. The van der Waals surface area contributed by atoms with Crippen molar-refractivity contribution in [2.45, 2.75) is 36.8 Å². The highest BCUT2D eigenvalue weighted by Gasteiger charge is 2.29. The van der Waals surface area contributed by atoms with Crippen molar-refractivity contribution in [2.75, 3.05) is 43.9 Å². The van der Waals surface area contributed by atoms with Gasteiger partial charge in [-0.3, -0.25) is 4.90 Å². The molecule has 2 saturated heterocycles. The number of sulfone groups is 1. The Hall–Kier alpha value is -1.11. The highest BCUT2D eigenvalue weighted by Crippen LogP contribution is 2.29. The Labute approximate surface area is 139 Å². The van der Waals surface area contributed by atoms with Crippen LogP contribution >= 0.6 is 0 Å². The van der Waals surface area contributed by atoms with Gasteiger partial charge in [-0.15, -0.1) is 0 Å². The third-order valence-electron chi connectivity index (χ3n) is 4.86. The van der Waals surface area contributed by atoms with Crippen molar-refractivity contribution in [1.29, 1.82) is 0 Å². The van der Waals surface area contributed by atoms with Gasteiger partial charge in [-0.05, 0) is 31.9 Å². The molecule has 2 fully saturated rings. The van der Waals surface area contributed by atoms with Crippen LogP contribution in [0.25, 0.3) is 0 Å². The number of morpholine rings is 1. The van der Waals surface area contributed by atoms with Gasteiger partial charge in [0.15, 0.2) is 9.84 Å². The smallest absolute Gasteiger partial charge is 0.177 e. The van der Waals surface area contributed by atoms with Crippen LogP contribution in [0.2, 0.25) is 0 Å². The van der Waals surface area contributed by atoms with E-state index >= 15 is 0 Å². The maximum absolute atomic E-state index is 12.0. The van der Waals surface area contributed by atoms with Crippen molar-refractivity contribution in [3.63, 3.8) is 0 Å². The zero-order valence-electron chi connectivity index (χ0n) is 13.9. The highest BCUT2D eigenvalue weighted by atomic mass is 32.2. The van der Waals surface area contributed by atoms with Gasteiger partial charge in [0, 0.05) is 38.5 Å². The van der Waals surface area contributed by atoms with Crippen molar-refractivity contribution in [2.24, 2.45) is 0 Å². The number of benzene rings is 1. The van der Waals surface area contributed by atoms with Gasteiger partial charge in [-0.2, -0.15) is 0 Å². The third-order valence-corrected chi connectivity index (χ3v) is 6.00. The second-order valence-electron chi connectivity index (χ2n) is 6.63. The second-order valence-corrected chi connectivity index (χ2v) is 8.62. The number of rotatable bonds is 3. The minimum absolute atomic E-state index is 0.313. The summed E-state index contributed by atoms with van der Waals surface area (Å²) in [6.07, 6.45) is 3.75. The first-order valence-corrected chi connectivity index (χ1v) is 10.2. The molecule has 0 unspecified atom stereocenters. The number of para-hydroxylation sites is 1. The van der Waals surface area contributed by atoms with E-state index in [0.29, 0.717) is 17.0 Å². The Morgan fingerprint density at radius 2 is 1.83 bits per heavy atom. The predicted molar refractivity (Wildman–Crippen MR) is 91.8 cm³/mol. The molecule has 0 N–H and O–H groups in total. The van der Waals surface area contributed by atoms with E-state index < -0.39 is 9.84 Å². The van der Waals surface area contributed by atoms with Crippen molar-refractivity contribution >= 4 is 15.5 Å². The SMILES string of the molecule is C[C@H]1CN(C2CCN(c3ccccc3S(C)(=O)=O)CC2)CCO1. The largest absolute Gasteiger partial charge is 0.376 e. The van der Waals surface area contributed by atoms with Gasteiger partial charge < -0.3 is 9.64 Å². The van der Waals surface area contributed by atoms with E-state index in [0.717, 1.165) is 51.3 Å². The summed E-state index contributed by atoms with van der Waals surface area (Å²) in [5.74, 6) is 0. The molecular weight excluding hydrogens is 312 g/mol. The van der Waals surface area contributed by atoms with E-state index in [-0.39, 0.29) is 0 Å². The summed E-state index contributed by atoms with van der Waals surface area (Å²) in [4.78, 5) is 5.20. The van der Waals surface area contributed by atoms with Crippen LogP contribution in [0.1, 0.15) is 19.8 Å². The summed E-state index contributed by atoms with van der Waals surface area (Å²) in [7, 11) is -3.19. The third kappa shape index (κ3) is 3.87. The first kappa shape index (κ1) is 16.7. The Balaban J connectivity index is 1.68. The Morgan fingerprint density at radius 3 is 2.48 bits per heavy atom. The van der Waals surface area contributed by atoms with E-state index in [1.165, 1.54) is 6.26 Å². The van der Waals surface area contributed by atoms with Crippen LogP contribution < -0.4 is 4.90 Å². The molecule has 23 heavy (non-hydrogen) atoms. The fraction of sp³-hybridized carbons (Fsp3) is 0.647. The molecule has 1 aromatic rings. The van der Waals surface area contributed by atoms with E-state index in [1.54, 1.807) is 12.1 Å². The Bertz CT molecular complexity index is 639. The fourth-order valence-electron chi connectivity index (χ4n) is 3.68. The lowest BCUT2D eigenvalue weighted by atomic mass is 10.0. The highest BCUT2D eigenvalue weighted by molar-refractivity contribution is 7.90. The summed E-state index contributed by atoms with van der Waals surface area (Å²) in [5.41, 5.74) is 0.851. The summed E-state index contributed by atoms with van der Waals surface area (Å²) >= 11 is 0. The Kier molecular flexibility index (Phi) is 4.94. The van der Waals surface area contributed by atoms with E-state index in [1.807, 2.05) is 12.1 Å². The van der Waals surface area contributed by atoms with Gasteiger partial charge in [0.1, 0.15) is 0 Å². The second kappa shape index (κ2) is 6.79. The summed E-state index contributed by atoms with van der Waals surface area (Å²) in [6, 6.07) is 7.93. The van der Waals surface area contributed by atoms with Crippen molar-refractivity contribution in [1.82, 2.24) is 4.90 Å². The molecule has 2 aliphatic rings. The van der Waals surface area contributed by atoms with Gasteiger partial charge in [-0.1, -0.05) is 12.1 Å². The molecule has 2 aliphatic heterocycles. The number of nitrogens with zero attached hydrogens (tertiary/aromatic N) is 2. The van der Waals surface area contributed by atoms with E-state index in [9.17, 15) is 8.42 Å². The Morgan fingerprint density at radius 1 is 1.13 bits per heavy atom. The molecule has 2 heterocycles. The number of piperidine rings is 1. The number of hydrogen-bond donors (Lipinski definition) is 0. The van der Waals surface area contributed by atoms with Crippen molar-refractivity contribution in [3.05, 3.63) is 24.3 Å². The van der Waals surface area contributed by atoms with Crippen molar-refractivity contribution < 1.29 is 13.2 Å². The molecule has 0 radical (unpaired) electrons. The van der Waals surface area contributed by atoms with Crippen LogP contribution in [0, 0.1) is 0 Å². The standard InChI is InChI=1S/C17H26N2O3S/c1-14-13-19(11-12-22-14)15-7-9-18(10-8-15)16-5-3-4-6-17(16)23(2,20)21/h3-6,14-15H,7-13H2,1-2H3/t14-/m0/s1. The molecule has 128 valence electrons. The maximum atomic E-state index is 12.0. The van der Waals surface area contributed by atoms with Gasteiger partial charge in [0.2, 0.25) is 0 Å². The predicted octanol–water partition coefficient (Wildman–Crippen LogP) is 1.78. The maximum Gasteiger partial charge on any atom is 0.177 e. The minimum atomic E-state index is -3.19. The number of hydrogen-bond acceptors (Lipinski definition) is 5. The lowest BCUT2D eigenvalue weighted by Crippen LogP contribution is -2.51. The summed E-state index contributed by atoms with van der Waals surface area (Å²) in [5, 5.41) is 0. The van der Waals surface area contributed by atoms with Crippen LogP contribution in [0.15, 0.2) is 29.2 Å². The summed E-state index contributed by atoms with van der Waals surface area (Å²) in [6.45, 7) is 6.77. The number of ether oxygens (including phenoxy) is 1. The number of anilines is 1. The molecule has 0 aromatic heterocycles. The van der Waals surface area contributed by atoms with Crippen LogP contribution in [0.4, 0.5) is 5.69 Å². The van der Waals surface area contributed by atoms with Gasteiger partial charge in [0.05, 0.1) is 23.3 Å². The molecular formula is C17H26N2O3S. The summed E-state index contributed by atoms with van der Waals surface area (Å²) < 4.78 is 29.6. The lowest BCUT2D eigenvalue weighted by Gasteiger charge is -2.42. The molecule has 5 nitrogen and oxygen atoms in total. The zero-order valence-corrected chi connectivity index (χ0v) is 14.8. The van der Waals surface area contributed by atoms with Crippen molar-refractivity contribution in [3.8, 4) is 0 Å². The van der Waals surface area contributed by atoms with Gasteiger partial charge >= 0.3 is 0 Å². The van der Waals surface area contributed by atoms with Crippen LogP contribution in [-0.2, 0) is 14.6 Å². The van der Waals surface area contributed by atoms with Crippen LogP contribution in [0.5, 0.6) is 0 Å². The molecule has 1 aromatic carbocycles. The molecule has 6 heteroatoms. The average molecular weight is 338 g/mol. The van der Waals surface area contributed by atoms with Crippen LogP contribution in [-0.4, -0.2) is 64.5 Å². The monoisotopic (exact) mass is 338 g/mol. The first-order valence-electron chi connectivity index (χ1n) is 8.35. The topological polar surface area (TPSA) is 49.9 Å². The molecule has 0 aliphatic carbocycles. The molecule has 1 atom stereocenters. The lowest BCUT2D eigenvalue weighted by molar-refractivity contribution is -0.0373. The van der Waals surface area contributed by atoms with E-state index in [4.69, 9.17) is 4.74 Å². The van der Waals surface area contributed by atoms with Gasteiger partial charge in [0.25, 0.3) is 0 Å². The molecule has 0 bridgehead atoms.